The third-order valence-electron chi connectivity index (χ3n) is 5.57. The summed E-state index contributed by atoms with van der Waals surface area (Å²) < 4.78 is 0. The zero-order valence-electron chi connectivity index (χ0n) is 16.5. The van der Waals surface area contributed by atoms with Crippen LogP contribution < -0.4 is 16.0 Å². The van der Waals surface area contributed by atoms with E-state index in [1.807, 2.05) is 24.3 Å². The van der Waals surface area contributed by atoms with Crippen LogP contribution in [0.2, 0.25) is 0 Å². The lowest BCUT2D eigenvalue weighted by atomic mass is 9.86. The average molecular weight is 400 g/mol. The Bertz CT molecular complexity index is 878. The van der Waals surface area contributed by atoms with Gasteiger partial charge in [-0.1, -0.05) is 38.0 Å². The van der Waals surface area contributed by atoms with E-state index in [1.54, 1.807) is 6.20 Å². The fraction of sp³-hybridized carbons (Fsp3) is 0.476. The molecular formula is C21H28N4O4. The first kappa shape index (κ1) is 20.7. The maximum absolute atomic E-state index is 12.1. The zero-order valence-corrected chi connectivity index (χ0v) is 16.5. The summed E-state index contributed by atoms with van der Waals surface area (Å²) in [6.07, 6.45) is 6.20. The van der Waals surface area contributed by atoms with Crippen molar-refractivity contribution in [1.82, 2.24) is 20.9 Å². The second kappa shape index (κ2) is 9.45. The molecule has 0 aliphatic heterocycles. The minimum atomic E-state index is -1.13. The van der Waals surface area contributed by atoms with Gasteiger partial charge in [-0.2, -0.15) is 0 Å². The number of rotatable bonds is 7. The smallest absolute Gasteiger partial charge is 0.326 e. The number of amides is 3. The standard InChI is InChI=1S/C21H28N4O4/c1-13-6-2-4-8-16(13)24-19(26)12-23-21(29)25-18(20(27)28)10-14-11-22-17-9-5-3-7-15(14)17/h3,5,7,9,11,13,16,18,22H,2,4,6,8,10,12H2,1H3,(H,24,26)(H,27,28)(H2,23,25,29). The van der Waals surface area contributed by atoms with Crippen LogP contribution in [0.5, 0.6) is 0 Å². The van der Waals surface area contributed by atoms with Crippen LogP contribution in [0, 0.1) is 5.92 Å². The summed E-state index contributed by atoms with van der Waals surface area (Å²) in [6, 6.07) is 5.93. The second-order valence-corrected chi connectivity index (χ2v) is 7.72. The molecule has 0 radical (unpaired) electrons. The van der Waals surface area contributed by atoms with Crippen molar-refractivity contribution in [2.24, 2.45) is 5.92 Å². The van der Waals surface area contributed by atoms with Crippen LogP contribution in [-0.4, -0.2) is 46.6 Å². The van der Waals surface area contributed by atoms with E-state index >= 15 is 0 Å². The number of benzene rings is 1. The monoisotopic (exact) mass is 400 g/mol. The zero-order chi connectivity index (χ0) is 20.8. The molecule has 156 valence electrons. The minimum absolute atomic E-state index is 0.134. The number of aromatic amines is 1. The first-order valence-corrected chi connectivity index (χ1v) is 10.1. The highest BCUT2D eigenvalue weighted by molar-refractivity contribution is 5.88. The van der Waals surface area contributed by atoms with E-state index in [0.29, 0.717) is 5.92 Å². The Morgan fingerprint density at radius 3 is 2.72 bits per heavy atom. The van der Waals surface area contributed by atoms with Gasteiger partial charge in [0.05, 0.1) is 6.54 Å². The molecule has 5 N–H and O–H groups in total. The molecule has 1 saturated carbocycles. The molecule has 1 aliphatic rings. The van der Waals surface area contributed by atoms with Crippen molar-refractivity contribution in [3.63, 3.8) is 0 Å². The van der Waals surface area contributed by atoms with Crippen LogP contribution in [-0.2, 0) is 16.0 Å². The van der Waals surface area contributed by atoms with E-state index in [9.17, 15) is 19.5 Å². The van der Waals surface area contributed by atoms with Gasteiger partial charge >= 0.3 is 12.0 Å². The normalized spacial score (nSPS) is 20.0. The number of hydrogen-bond donors (Lipinski definition) is 5. The Balaban J connectivity index is 1.50. The van der Waals surface area contributed by atoms with Crippen LogP contribution in [0.25, 0.3) is 10.9 Å². The average Bonchev–Trinajstić information content (AvgIpc) is 3.10. The third-order valence-corrected chi connectivity index (χ3v) is 5.57. The van der Waals surface area contributed by atoms with Crippen LogP contribution in [0.3, 0.4) is 0 Å². The van der Waals surface area contributed by atoms with Crippen LogP contribution in [0.15, 0.2) is 30.5 Å². The largest absolute Gasteiger partial charge is 0.480 e. The first-order chi connectivity index (χ1) is 13.9. The van der Waals surface area contributed by atoms with Crippen molar-refractivity contribution < 1.29 is 19.5 Å². The Morgan fingerprint density at radius 2 is 1.97 bits per heavy atom. The molecule has 0 saturated heterocycles. The van der Waals surface area contributed by atoms with Gasteiger partial charge in [0.15, 0.2) is 0 Å². The van der Waals surface area contributed by atoms with E-state index in [4.69, 9.17) is 0 Å². The van der Waals surface area contributed by atoms with Crippen molar-refractivity contribution in [3.8, 4) is 0 Å². The van der Waals surface area contributed by atoms with Crippen molar-refractivity contribution in [1.29, 1.82) is 0 Å². The number of carboxylic acids is 1. The summed E-state index contributed by atoms with van der Waals surface area (Å²) in [7, 11) is 0. The summed E-state index contributed by atoms with van der Waals surface area (Å²) in [5.74, 6) is -0.970. The Kier molecular flexibility index (Phi) is 6.74. The lowest BCUT2D eigenvalue weighted by Gasteiger charge is -2.29. The lowest BCUT2D eigenvalue weighted by molar-refractivity contribution is -0.139. The molecule has 1 aliphatic carbocycles. The highest BCUT2D eigenvalue weighted by atomic mass is 16.4. The topological polar surface area (TPSA) is 123 Å². The van der Waals surface area contributed by atoms with Crippen LogP contribution >= 0.6 is 0 Å². The molecule has 3 amide bonds. The first-order valence-electron chi connectivity index (χ1n) is 10.1. The number of nitrogens with one attached hydrogen (secondary N) is 4. The number of aliphatic carboxylic acids is 1. The van der Waals surface area contributed by atoms with Crippen molar-refractivity contribution in [3.05, 3.63) is 36.0 Å². The molecule has 29 heavy (non-hydrogen) atoms. The molecule has 3 rings (SSSR count). The van der Waals surface area contributed by atoms with Crippen molar-refractivity contribution in [2.75, 3.05) is 6.54 Å². The molecule has 1 aromatic carbocycles. The van der Waals surface area contributed by atoms with E-state index in [0.717, 1.165) is 35.7 Å². The fourth-order valence-electron chi connectivity index (χ4n) is 3.88. The van der Waals surface area contributed by atoms with Gasteiger partial charge in [-0.25, -0.2) is 9.59 Å². The molecule has 3 unspecified atom stereocenters. The summed E-state index contributed by atoms with van der Waals surface area (Å²) in [5, 5.41) is 18.3. The predicted molar refractivity (Wildman–Crippen MR) is 110 cm³/mol. The van der Waals surface area contributed by atoms with Gasteiger partial charge in [0, 0.05) is 29.6 Å². The van der Waals surface area contributed by atoms with E-state index in [-0.39, 0.29) is 24.9 Å². The van der Waals surface area contributed by atoms with Gasteiger partial charge in [-0.3, -0.25) is 4.79 Å². The summed E-state index contributed by atoms with van der Waals surface area (Å²) in [5.41, 5.74) is 1.71. The highest BCUT2D eigenvalue weighted by Gasteiger charge is 2.24. The Labute approximate surface area is 169 Å². The second-order valence-electron chi connectivity index (χ2n) is 7.72. The fourth-order valence-corrected chi connectivity index (χ4v) is 3.88. The summed E-state index contributed by atoms with van der Waals surface area (Å²) >= 11 is 0. The Hall–Kier alpha value is -3.03. The molecule has 2 aromatic rings. The van der Waals surface area contributed by atoms with Crippen LogP contribution in [0.4, 0.5) is 4.79 Å². The van der Waals surface area contributed by atoms with Gasteiger partial charge < -0.3 is 26.0 Å². The summed E-state index contributed by atoms with van der Waals surface area (Å²) in [6.45, 7) is 1.93. The SMILES string of the molecule is CC1CCCCC1NC(=O)CNC(=O)NC(Cc1c[nH]c2ccccc12)C(=O)O. The molecule has 1 fully saturated rings. The van der Waals surface area contributed by atoms with Crippen molar-refractivity contribution >= 4 is 28.8 Å². The quantitative estimate of drug-likeness (QED) is 0.489. The van der Waals surface area contributed by atoms with Gasteiger partial charge in [-0.05, 0) is 30.4 Å². The molecule has 3 atom stereocenters. The molecule has 8 nitrogen and oxygen atoms in total. The number of fused-ring (bicyclic) bond motifs is 1. The van der Waals surface area contributed by atoms with Gasteiger partial charge in [0.1, 0.15) is 6.04 Å². The van der Waals surface area contributed by atoms with Crippen molar-refractivity contribution in [2.45, 2.75) is 51.1 Å². The Morgan fingerprint density at radius 1 is 1.21 bits per heavy atom. The number of urea groups is 1. The number of hydrogen-bond acceptors (Lipinski definition) is 3. The molecule has 0 spiro atoms. The van der Waals surface area contributed by atoms with E-state index < -0.39 is 18.0 Å². The highest BCUT2D eigenvalue weighted by Crippen LogP contribution is 2.23. The molecule has 8 heteroatoms. The van der Waals surface area contributed by atoms with Gasteiger partial charge in [-0.15, -0.1) is 0 Å². The number of para-hydroxylation sites is 1. The maximum atomic E-state index is 12.1. The summed E-state index contributed by atoms with van der Waals surface area (Å²) in [4.78, 5) is 38.9. The number of carbonyl (C=O) groups is 3. The molecule has 1 aromatic heterocycles. The maximum Gasteiger partial charge on any atom is 0.326 e. The predicted octanol–water partition coefficient (Wildman–Crippen LogP) is 2.16. The minimum Gasteiger partial charge on any atom is -0.480 e. The third kappa shape index (κ3) is 5.49. The number of H-pyrrole nitrogens is 1. The number of carboxylic acid groups (broad SMARTS) is 1. The number of carbonyl (C=O) groups excluding carboxylic acids is 2. The van der Waals surface area contributed by atoms with Gasteiger partial charge in [0.25, 0.3) is 0 Å². The van der Waals surface area contributed by atoms with E-state index in [1.165, 1.54) is 6.42 Å². The molecule has 1 heterocycles. The number of aromatic nitrogens is 1. The molecule has 0 bridgehead atoms. The van der Waals surface area contributed by atoms with E-state index in [2.05, 4.69) is 27.9 Å². The lowest BCUT2D eigenvalue weighted by Crippen LogP contribution is -2.50. The molecular weight excluding hydrogens is 372 g/mol. The van der Waals surface area contributed by atoms with Gasteiger partial charge in [0.2, 0.25) is 5.91 Å². The van der Waals surface area contributed by atoms with Crippen LogP contribution in [0.1, 0.15) is 38.2 Å².